The number of ketones is 1. The average molecular weight is 329 g/mol. The molecule has 4 rings (SSSR count). The van der Waals surface area contributed by atoms with E-state index in [4.69, 9.17) is 4.74 Å². The van der Waals surface area contributed by atoms with Gasteiger partial charge in [-0.05, 0) is 12.0 Å². The third kappa shape index (κ3) is 2.78. The maximum atomic E-state index is 12.4. The highest BCUT2D eigenvalue weighted by Gasteiger charge is 2.24. The third-order valence-corrected chi connectivity index (χ3v) is 4.57. The Balaban J connectivity index is 1.53. The molecular formula is C16H19N5O3. The molecule has 2 aromatic heterocycles. The number of fused-ring (bicyclic) bond motifs is 3. The number of carbonyl (C=O) groups is 1. The highest BCUT2D eigenvalue weighted by molar-refractivity contribution is 6.04. The molecule has 0 radical (unpaired) electrons. The van der Waals surface area contributed by atoms with Crippen molar-refractivity contribution in [3.8, 4) is 0 Å². The number of Topliss-reactive ketones (excluding diaryl/α,β-unsaturated/α-hetero) is 1. The SMILES string of the molecule is O=C1CCc2c1cnc1nc(NCCN3CCOCC3)[nH]c(=O)c21. The van der Waals surface area contributed by atoms with Crippen molar-refractivity contribution in [1.82, 2.24) is 19.9 Å². The molecule has 2 N–H and O–H groups in total. The lowest BCUT2D eigenvalue weighted by Crippen LogP contribution is -2.39. The zero-order valence-corrected chi connectivity index (χ0v) is 13.3. The second-order valence-electron chi connectivity index (χ2n) is 6.07. The van der Waals surface area contributed by atoms with Gasteiger partial charge in [-0.1, -0.05) is 0 Å². The molecule has 8 nitrogen and oxygen atoms in total. The zero-order chi connectivity index (χ0) is 16.5. The van der Waals surface area contributed by atoms with E-state index in [0.29, 0.717) is 41.9 Å². The molecule has 0 amide bonds. The Kier molecular flexibility index (Phi) is 3.99. The van der Waals surface area contributed by atoms with Gasteiger partial charge >= 0.3 is 0 Å². The van der Waals surface area contributed by atoms with Crippen molar-refractivity contribution in [1.29, 1.82) is 0 Å². The highest BCUT2D eigenvalue weighted by atomic mass is 16.5. The number of pyridine rings is 1. The highest BCUT2D eigenvalue weighted by Crippen LogP contribution is 2.25. The molecule has 0 atom stereocenters. The fourth-order valence-corrected chi connectivity index (χ4v) is 3.28. The maximum absolute atomic E-state index is 12.4. The van der Waals surface area contributed by atoms with Crippen LogP contribution in [0.1, 0.15) is 22.3 Å². The van der Waals surface area contributed by atoms with Gasteiger partial charge in [0, 0.05) is 44.4 Å². The van der Waals surface area contributed by atoms with E-state index in [0.717, 1.165) is 38.4 Å². The summed E-state index contributed by atoms with van der Waals surface area (Å²) in [4.78, 5) is 37.8. The number of morpholine rings is 1. The molecule has 1 saturated heterocycles. The first-order chi connectivity index (χ1) is 11.7. The predicted octanol–water partition coefficient (Wildman–Crippen LogP) is 0.191. The van der Waals surface area contributed by atoms with E-state index in [9.17, 15) is 9.59 Å². The average Bonchev–Trinajstić information content (AvgIpc) is 2.97. The van der Waals surface area contributed by atoms with Crippen molar-refractivity contribution in [2.45, 2.75) is 12.8 Å². The molecule has 1 aliphatic carbocycles. The number of H-pyrrole nitrogens is 1. The summed E-state index contributed by atoms with van der Waals surface area (Å²) in [5.41, 5.74) is 1.48. The van der Waals surface area contributed by atoms with Crippen molar-refractivity contribution in [2.24, 2.45) is 0 Å². The van der Waals surface area contributed by atoms with E-state index >= 15 is 0 Å². The molecule has 24 heavy (non-hydrogen) atoms. The standard InChI is InChI=1S/C16H19N5O3/c22-12-2-1-10-11(12)9-18-14-13(10)15(23)20-16(19-14)17-3-4-21-5-7-24-8-6-21/h9H,1-8H2,(H2,17,18,19,20,23). The number of aromatic amines is 1. The van der Waals surface area contributed by atoms with Gasteiger partial charge in [-0.15, -0.1) is 0 Å². The Hall–Kier alpha value is -2.32. The number of nitrogens with zero attached hydrogens (tertiary/aromatic N) is 3. The first-order valence-electron chi connectivity index (χ1n) is 8.21. The normalized spacial score (nSPS) is 18.1. The lowest BCUT2D eigenvalue weighted by atomic mass is 10.1. The summed E-state index contributed by atoms with van der Waals surface area (Å²) in [6.07, 6.45) is 2.56. The van der Waals surface area contributed by atoms with E-state index in [-0.39, 0.29) is 11.3 Å². The van der Waals surface area contributed by atoms with Crippen molar-refractivity contribution >= 4 is 22.8 Å². The monoisotopic (exact) mass is 329 g/mol. The van der Waals surface area contributed by atoms with E-state index in [1.807, 2.05) is 0 Å². The van der Waals surface area contributed by atoms with Crippen LogP contribution in [0.15, 0.2) is 11.0 Å². The smallest absolute Gasteiger partial charge is 0.262 e. The Labute approximate surface area is 138 Å². The molecule has 0 unspecified atom stereocenters. The second-order valence-corrected chi connectivity index (χ2v) is 6.07. The zero-order valence-electron chi connectivity index (χ0n) is 13.3. The maximum Gasteiger partial charge on any atom is 0.262 e. The number of nitrogens with one attached hydrogen (secondary N) is 2. The van der Waals surface area contributed by atoms with Crippen LogP contribution in [0.2, 0.25) is 0 Å². The number of hydrogen-bond acceptors (Lipinski definition) is 7. The first kappa shape index (κ1) is 15.2. The van der Waals surface area contributed by atoms with Gasteiger partial charge in [-0.3, -0.25) is 19.5 Å². The minimum absolute atomic E-state index is 0.0477. The van der Waals surface area contributed by atoms with Gasteiger partial charge < -0.3 is 10.1 Å². The van der Waals surface area contributed by atoms with E-state index in [2.05, 4.69) is 25.2 Å². The van der Waals surface area contributed by atoms with Crippen molar-refractivity contribution in [3.05, 3.63) is 27.7 Å². The molecule has 1 fully saturated rings. The minimum atomic E-state index is -0.243. The van der Waals surface area contributed by atoms with E-state index < -0.39 is 0 Å². The fourth-order valence-electron chi connectivity index (χ4n) is 3.28. The van der Waals surface area contributed by atoms with Crippen LogP contribution in [-0.4, -0.2) is 65.0 Å². The number of hydrogen-bond donors (Lipinski definition) is 2. The molecule has 2 aromatic rings. The predicted molar refractivity (Wildman–Crippen MR) is 88.6 cm³/mol. The molecule has 8 heteroatoms. The van der Waals surface area contributed by atoms with Gasteiger partial charge in [-0.2, -0.15) is 4.98 Å². The Morgan fingerprint density at radius 1 is 1.25 bits per heavy atom. The Morgan fingerprint density at radius 2 is 2.08 bits per heavy atom. The summed E-state index contributed by atoms with van der Waals surface area (Å²) in [5, 5.41) is 3.59. The van der Waals surface area contributed by atoms with Crippen LogP contribution in [0, 0.1) is 0 Å². The van der Waals surface area contributed by atoms with Crippen molar-refractivity contribution < 1.29 is 9.53 Å². The van der Waals surface area contributed by atoms with Crippen LogP contribution in [-0.2, 0) is 11.2 Å². The molecule has 3 heterocycles. The summed E-state index contributed by atoms with van der Waals surface area (Å²) >= 11 is 0. The van der Waals surface area contributed by atoms with Gasteiger partial charge in [0.15, 0.2) is 11.4 Å². The van der Waals surface area contributed by atoms with Crippen LogP contribution in [0.3, 0.4) is 0 Å². The molecule has 126 valence electrons. The van der Waals surface area contributed by atoms with Crippen LogP contribution >= 0.6 is 0 Å². The van der Waals surface area contributed by atoms with Crippen molar-refractivity contribution in [2.75, 3.05) is 44.7 Å². The fraction of sp³-hybridized carbons (Fsp3) is 0.500. The lowest BCUT2D eigenvalue weighted by Gasteiger charge is -2.26. The summed E-state index contributed by atoms with van der Waals surface area (Å²) in [5.74, 6) is 0.462. The van der Waals surface area contributed by atoms with Gasteiger partial charge in [0.1, 0.15) is 0 Å². The summed E-state index contributed by atoms with van der Waals surface area (Å²) in [6.45, 7) is 4.91. The first-order valence-corrected chi connectivity index (χ1v) is 8.21. The van der Waals surface area contributed by atoms with Crippen LogP contribution in [0.5, 0.6) is 0 Å². The van der Waals surface area contributed by atoms with E-state index in [1.165, 1.54) is 6.20 Å². The van der Waals surface area contributed by atoms with E-state index in [1.54, 1.807) is 0 Å². The quantitative estimate of drug-likeness (QED) is 0.826. The molecule has 0 aromatic carbocycles. The molecular weight excluding hydrogens is 310 g/mol. The van der Waals surface area contributed by atoms with Crippen LogP contribution in [0.4, 0.5) is 5.95 Å². The Bertz CT molecular complexity index is 841. The number of ether oxygens (including phenoxy) is 1. The number of aryl methyl sites for hydroxylation is 1. The number of rotatable bonds is 4. The van der Waals surface area contributed by atoms with Gasteiger partial charge in [-0.25, -0.2) is 4.98 Å². The minimum Gasteiger partial charge on any atom is -0.379 e. The van der Waals surface area contributed by atoms with Crippen LogP contribution < -0.4 is 10.9 Å². The summed E-state index contributed by atoms with van der Waals surface area (Å²) < 4.78 is 5.32. The third-order valence-electron chi connectivity index (χ3n) is 4.57. The summed E-state index contributed by atoms with van der Waals surface area (Å²) in [6, 6.07) is 0. The van der Waals surface area contributed by atoms with Crippen molar-refractivity contribution in [3.63, 3.8) is 0 Å². The largest absolute Gasteiger partial charge is 0.379 e. The van der Waals surface area contributed by atoms with Gasteiger partial charge in [0.05, 0.1) is 18.6 Å². The van der Waals surface area contributed by atoms with Gasteiger partial charge in [0.2, 0.25) is 5.95 Å². The summed E-state index contributed by atoms with van der Waals surface area (Å²) in [7, 11) is 0. The molecule has 0 bridgehead atoms. The number of carbonyl (C=O) groups excluding carboxylic acids is 1. The Morgan fingerprint density at radius 3 is 2.92 bits per heavy atom. The number of aromatic nitrogens is 3. The lowest BCUT2D eigenvalue weighted by molar-refractivity contribution is 0.0398. The molecule has 1 aliphatic heterocycles. The number of anilines is 1. The van der Waals surface area contributed by atoms with Crippen LogP contribution in [0.25, 0.3) is 11.0 Å². The molecule has 0 spiro atoms. The second kappa shape index (κ2) is 6.29. The molecule has 2 aliphatic rings. The van der Waals surface area contributed by atoms with Gasteiger partial charge in [0.25, 0.3) is 5.56 Å². The topological polar surface area (TPSA) is 100 Å². The molecule has 0 saturated carbocycles.